The zero-order valence-electron chi connectivity index (χ0n) is 18.2. The van der Waals surface area contributed by atoms with E-state index in [1.165, 1.54) is 22.5 Å². The van der Waals surface area contributed by atoms with E-state index < -0.39 is 0 Å². The van der Waals surface area contributed by atoms with E-state index in [0.29, 0.717) is 28.8 Å². The molecule has 1 aromatic heterocycles. The number of amides is 1. The summed E-state index contributed by atoms with van der Waals surface area (Å²) in [6, 6.07) is 21.1. The third kappa shape index (κ3) is 4.98. The van der Waals surface area contributed by atoms with Crippen LogP contribution in [0.15, 0.2) is 72.1 Å². The molecule has 4 rings (SSSR count). The number of rotatable bonds is 7. The maximum Gasteiger partial charge on any atom is 0.257 e. The number of para-hydroxylation sites is 2. The molecule has 0 unspecified atom stereocenters. The maximum atomic E-state index is 12.6. The molecule has 0 spiro atoms. The molecule has 0 aliphatic rings. The van der Waals surface area contributed by atoms with Gasteiger partial charge in [-0.3, -0.25) is 10.1 Å². The van der Waals surface area contributed by atoms with E-state index >= 15 is 0 Å². The first kappa shape index (κ1) is 21.6. The Bertz CT molecular complexity index is 1230. The highest BCUT2D eigenvalue weighted by Crippen LogP contribution is 2.28. The second kappa shape index (κ2) is 9.66. The number of nitrogens with zero attached hydrogens (tertiary/aromatic N) is 1. The molecule has 3 aromatic carbocycles. The van der Waals surface area contributed by atoms with Crippen molar-refractivity contribution in [2.24, 2.45) is 0 Å². The number of thiazole rings is 1. The summed E-state index contributed by atoms with van der Waals surface area (Å²) >= 11 is 1.41. The molecule has 0 aliphatic heterocycles. The van der Waals surface area contributed by atoms with E-state index in [-0.39, 0.29) is 5.91 Å². The van der Waals surface area contributed by atoms with Crippen LogP contribution < -0.4 is 14.8 Å². The normalized spacial score (nSPS) is 10.6. The van der Waals surface area contributed by atoms with Crippen LogP contribution in [-0.4, -0.2) is 18.0 Å². The molecule has 0 aliphatic carbocycles. The van der Waals surface area contributed by atoms with Crippen molar-refractivity contribution in [3.05, 3.63) is 94.4 Å². The van der Waals surface area contributed by atoms with Gasteiger partial charge in [0.25, 0.3) is 5.91 Å². The average Bonchev–Trinajstić information content (AvgIpc) is 3.28. The zero-order chi connectivity index (χ0) is 22.5. The standard InChI is InChI=1S/C26H24N2O3S/c1-17-8-11-21(14-18(17)2)22-16-32-26(27-22)28-25(29)20-12-9-19(10-13-20)15-31-24-7-5-4-6-23(24)30-3/h4-14,16H,15H2,1-3H3,(H,27,28,29). The van der Waals surface area contributed by atoms with E-state index in [1.54, 1.807) is 19.2 Å². The van der Waals surface area contributed by atoms with Gasteiger partial charge in [0.2, 0.25) is 0 Å². The number of carbonyl (C=O) groups excluding carboxylic acids is 1. The molecular weight excluding hydrogens is 420 g/mol. The molecule has 0 saturated carbocycles. The van der Waals surface area contributed by atoms with Crippen molar-refractivity contribution in [2.45, 2.75) is 20.5 Å². The third-order valence-corrected chi connectivity index (χ3v) is 5.96. The van der Waals surface area contributed by atoms with Crippen molar-refractivity contribution in [3.8, 4) is 22.8 Å². The van der Waals surface area contributed by atoms with Crippen LogP contribution in [0.25, 0.3) is 11.3 Å². The minimum Gasteiger partial charge on any atom is -0.493 e. The Morgan fingerprint density at radius 2 is 1.72 bits per heavy atom. The monoisotopic (exact) mass is 444 g/mol. The SMILES string of the molecule is COc1ccccc1OCc1ccc(C(=O)Nc2nc(-c3ccc(C)c(C)c3)cs2)cc1. The Labute approximate surface area is 191 Å². The van der Waals surface area contributed by atoms with Crippen molar-refractivity contribution in [3.63, 3.8) is 0 Å². The summed E-state index contributed by atoms with van der Waals surface area (Å²) in [7, 11) is 1.61. The molecule has 4 aromatic rings. The highest BCUT2D eigenvalue weighted by molar-refractivity contribution is 7.14. The van der Waals surface area contributed by atoms with Crippen LogP contribution >= 0.6 is 11.3 Å². The summed E-state index contributed by atoms with van der Waals surface area (Å²) in [5, 5.41) is 5.42. The summed E-state index contributed by atoms with van der Waals surface area (Å²) in [4.78, 5) is 17.2. The fourth-order valence-electron chi connectivity index (χ4n) is 3.19. The second-order valence-corrected chi connectivity index (χ2v) is 8.29. The minimum absolute atomic E-state index is 0.191. The topological polar surface area (TPSA) is 60.5 Å². The van der Waals surface area contributed by atoms with E-state index in [4.69, 9.17) is 9.47 Å². The molecule has 0 atom stereocenters. The van der Waals surface area contributed by atoms with Crippen LogP contribution in [0.4, 0.5) is 5.13 Å². The van der Waals surface area contributed by atoms with Crippen LogP contribution in [0.1, 0.15) is 27.0 Å². The highest BCUT2D eigenvalue weighted by atomic mass is 32.1. The van der Waals surface area contributed by atoms with Gasteiger partial charge in [0.15, 0.2) is 16.6 Å². The van der Waals surface area contributed by atoms with Gasteiger partial charge in [0.05, 0.1) is 12.8 Å². The summed E-state index contributed by atoms with van der Waals surface area (Å²) in [5.41, 5.74) is 5.89. The van der Waals surface area contributed by atoms with Crippen molar-refractivity contribution in [2.75, 3.05) is 12.4 Å². The molecule has 0 fully saturated rings. The summed E-state index contributed by atoms with van der Waals surface area (Å²) < 4.78 is 11.1. The quantitative estimate of drug-likeness (QED) is 0.365. The van der Waals surface area contributed by atoms with Crippen LogP contribution in [0.2, 0.25) is 0 Å². The van der Waals surface area contributed by atoms with Crippen LogP contribution in [-0.2, 0) is 6.61 Å². The molecule has 32 heavy (non-hydrogen) atoms. The first-order chi connectivity index (χ1) is 15.5. The van der Waals surface area contributed by atoms with Gasteiger partial charge in [-0.25, -0.2) is 4.98 Å². The number of carbonyl (C=O) groups is 1. The molecule has 1 amide bonds. The van der Waals surface area contributed by atoms with Gasteiger partial charge in [-0.05, 0) is 60.9 Å². The van der Waals surface area contributed by atoms with Gasteiger partial charge in [0, 0.05) is 16.5 Å². The number of aryl methyl sites for hydroxylation is 2. The predicted octanol–water partition coefficient (Wildman–Crippen LogP) is 6.27. The Morgan fingerprint density at radius 3 is 2.44 bits per heavy atom. The summed E-state index contributed by atoms with van der Waals surface area (Å²) in [5.74, 6) is 1.18. The summed E-state index contributed by atoms with van der Waals surface area (Å²) in [6.45, 7) is 4.55. The number of aromatic nitrogens is 1. The lowest BCUT2D eigenvalue weighted by atomic mass is 10.1. The van der Waals surface area contributed by atoms with Crippen LogP contribution in [0.3, 0.4) is 0 Å². The Balaban J connectivity index is 1.38. The van der Waals surface area contributed by atoms with E-state index in [1.807, 2.05) is 41.8 Å². The van der Waals surface area contributed by atoms with Gasteiger partial charge in [0.1, 0.15) is 6.61 Å². The maximum absolute atomic E-state index is 12.6. The van der Waals surface area contributed by atoms with Gasteiger partial charge >= 0.3 is 0 Å². The number of anilines is 1. The van der Waals surface area contributed by atoms with Gasteiger partial charge in [-0.15, -0.1) is 11.3 Å². The van der Waals surface area contributed by atoms with Crippen molar-refractivity contribution < 1.29 is 14.3 Å². The third-order valence-electron chi connectivity index (χ3n) is 5.21. The number of ether oxygens (including phenoxy) is 2. The fourth-order valence-corrected chi connectivity index (χ4v) is 3.90. The fraction of sp³-hybridized carbons (Fsp3) is 0.154. The lowest BCUT2D eigenvalue weighted by Gasteiger charge is -2.10. The van der Waals surface area contributed by atoms with Crippen LogP contribution in [0.5, 0.6) is 11.5 Å². The van der Waals surface area contributed by atoms with Gasteiger partial charge in [-0.2, -0.15) is 0 Å². The molecule has 6 heteroatoms. The van der Waals surface area contributed by atoms with Gasteiger partial charge in [-0.1, -0.05) is 36.4 Å². The second-order valence-electron chi connectivity index (χ2n) is 7.43. The number of hydrogen-bond donors (Lipinski definition) is 1. The first-order valence-corrected chi connectivity index (χ1v) is 11.1. The van der Waals surface area contributed by atoms with Crippen molar-refractivity contribution in [1.82, 2.24) is 4.98 Å². The molecule has 162 valence electrons. The van der Waals surface area contributed by atoms with E-state index in [0.717, 1.165) is 16.8 Å². The molecule has 5 nitrogen and oxygen atoms in total. The number of hydrogen-bond acceptors (Lipinski definition) is 5. The predicted molar refractivity (Wildman–Crippen MR) is 129 cm³/mol. The van der Waals surface area contributed by atoms with E-state index in [9.17, 15) is 4.79 Å². The number of benzene rings is 3. The van der Waals surface area contributed by atoms with E-state index in [2.05, 4.69) is 42.3 Å². The zero-order valence-corrected chi connectivity index (χ0v) is 19.0. The largest absolute Gasteiger partial charge is 0.493 e. The lowest BCUT2D eigenvalue weighted by molar-refractivity contribution is 0.102. The molecule has 0 radical (unpaired) electrons. The Kier molecular flexibility index (Phi) is 6.52. The highest BCUT2D eigenvalue weighted by Gasteiger charge is 2.11. The number of nitrogens with one attached hydrogen (secondary N) is 1. The molecule has 1 heterocycles. The van der Waals surface area contributed by atoms with Crippen LogP contribution in [0, 0.1) is 13.8 Å². The molecule has 0 bridgehead atoms. The number of methoxy groups -OCH3 is 1. The van der Waals surface area contributed by atoms with Crippen molar-refractivity contribution in [1.29, 1.82) is 0 Å². The van der Waals surface area contributed by atoms with Gasteiger partial charge < -0.3 is 9.47 Å². The first-order valence-electron chi connectivity index (χ1n) is 10.2. The minimum atomic E-state index is -0.191. The summed E-state index contributed by atoms with van der Waals surface area (Å²) in [6.07, 6.45) is 0. The molecular formula is C26H24N2O3S. The molecule has 0 saturated heterocycles. The Hall–Kier alpha value is -3.64. The smallest absolute Gasteiger partial charge is 0.257 e. The molecule has 1 N–H and O–H groups in total. The average molecular weight is 445 g/mol. The van der Waals surface area contributed by atoms with Crippen molar-refractivity contribution >= 4 is 22.4 Å². The lowest BCUT2D eigenvalue weighted by Crippen LogP contribution is -2.11. The Morgan fingerprint density at radius 1 is 0.969 bits per heavy atom.